The molecule has 3 aromatic rings. The summed E-state index contributed by atoms with van der Waals surface area (Å²) in [5, 5.41) is 16.5. The van der Waals surface area contributed by atoms with E-state index in [0.717, 1.165) is 30.8 Å². The number of nitrogens with zero attached hydrogens (tertiary/aromatic N) is 4. The molecule has 5 N–H and O–H groups in total. The van der Waals surface area contributed by atoms with Gasteiger partial charge in [0.05, 0.1) is 24.8 Å². The number of rotatable bonds is 8. The van der Waals surface area contributed by atoms with E-state index in [9.17, 15) is 18.3 Å². The highest BCUT2D eigenvalue weighted by molar-refractivity contribution is 7.91. The molecule has 0 aliphatic carbocycles. The van der Waals surface area contributed by atoms with Gasteiger partial charge < -0.3 is 36.0 Å². The monoisotopic (exact) mass is 581 g/mol. The van der Waals surface area contributed by atoms with Crippen LogP contribution in [0.25, 0.3) is 0 Å². The van der Waals surface area contributed by atoms with E-state index < -0.39 is 16.1 Å². The van der Waals surface area contributed by atoms with Crippen LogP contribution in [0, 0.1) is 0 Å². The number of nitrogens with two attached hydrogens (primary N) is 1. The smallest absolute Gasteiger partial charge is 0.251 e. The molecule has 13 heteroatoms. The third kappa shape index (κ3) is 7.04. The number of piperidine rings is 1. The van der Waals surface area contributed by atoms with Crippen molar-refractivity contribution in [1.29, 1.82) is 0 Å². The molecule has 2 fully saturated rings. The van der Waals surface area contributed by atoms with E-state index in [2.05, 4.69) is 20.5 Å². The second-order valence-electron chi connectivity index (χ2n) is 10.2. The Morgan fingerprint density at radius 2 is 1.78 bits per heavy atom. The molecule has 0 saturated carbocycles. The number of carbonyl (C=O) groups excluding carboxylic acids is 1. The highest BCUT2D eigenvalue weighted by Gasteiger charge is 2.25. The van der Waals surface area contributed by atoms with Gasteiger partial charge in [-0.05, 0) is 61.4 Å². The zero-order chi connectivity index (χ0) is 29.0. The topological polar surface area (TPSA) is 163 Å². The summed E-state index contributed by atoms with van der Waals surface area (Å²) in [4.78, 5) is 26.0. The summed E-state index contributed by atoms with van der Waals surface area (Å²) in [6.07, 6.45) is 1.95. The van der Waals surface area contributed by atoms with Gasteiger partial charge in [-0.25, -0.2) is 18.4 Å². The summed E-state index contributed by atoms with van der Waals surface area (Å²) >= 11 is 0. The van der Waals surface area contributed by atoms with Gasteiger partial charge in [-0.2, -0.15) is 0 Å². The molecule has 218 valence electrons. The van der Waals surface area contributed by atoms with Gasteiger partial charge in [0.15, 0.2) is 15.7 Å². The number of aliphatic hydroxyl groups is 1. The molecule has 41 heavy (non-hydrogen) atoms. The lowest BCUT2D eigenvalue weighted by atomic mass is 10.0. The predicted octanol–water partition coefficient (Wildman–Crippen LogP) is 1.81. The van der Waals surface area contributed by atoms with Gasteiger partial charge in [-0.15, -0.1) is 0 Å². The second-order valence-corrected chi connectivity index (χ2v) is 12.5. The number of amides is 1. The Kier molecular flexibility index (Phi) is 8.57. The Hall–Kier alpha value is -3.94. The van der Waals surface area contributed by atoms with Gasteiger partial charge in [0.25, 0.3) is 5.91 Å². The molecule has 0 radical (unpaired) electrons. The van der Waals surface area contributed by atoms with Crippen LogP contribution in [0.3, 0.4) is 0 Å². The average Bonchev–Trinajstić information content (AvgIpc) is 2.97. The summed E-state index contributed by atoms with van der Waals surface area (Å²) in [5.41, 5.74) is 8.20. The molecule has 2 saturated heterocycles. The van der Waals surface area contributed by atoms with Gasteiger partial charge in [-0.1, -0.05) is 0 Å². The fraction of sp³-hybridized carbons (Fsp3) is 0.393. The second kappa shape index (κ2) is 12.3. The van der Waals surface area contributed by atoms with Crippen LogP contribution in [0.5, 0.6) is 5.75 Å². The maximum absolute atomic E-state index is 12.8. The van der Waals surface area contributed by atoms with Crippen LogP contribution in [-0.2, 0) is 9.84 Å². The molecular formula is C28H35N7O5S. The number of aromatic nitrogens is 2. The van der Waals surface area contributed by atoms with Crippen LogP contribution in [0.15, 0.2) is 54.7 Å². The van der Waals surface area contributed by atoms with Crippen molar-refractivity contribution in [2.24, 2.45) is 5.73 Å². The van der Waals surface area contributed by atoms with Crippen molar-refractivity contribution >= 4 is 38.8 Å². The van der Waals surface area contributed by atoms with Crippen molar-refractivity contribution in [2.75, 3.05) is 59.9 Å². The number of anilines is 4. The molecule has 1 unspecified atom stereocenters. The Labute approximate surface area is 239 Å². The summed E-state index contributed by atoms with van der Waals surface area (Å²) < 4.78 is 28.7. The van der Waals surface area contributed by atoms with Crippen LogP contribution < -0.4 is 30.9 Å². The van der Waals surface area contributed by atoms with E-state index in [1.807, 2.05) is 29.2 Å². The van der Waals surface area contributed by atoms with Crippen molar-refractivity contribution in [2.45, 2.75) is 25.1 Å². The SMILES string of the molecule is COc1ccc(C(=O)N[C@@H]2CCCN(c3cnc(C(N)O)c(Nc4ccc(N5CCS(=O)(=O)CC5)cc4)n3)C2)cc1. The zero-order valence-electron chi connectivity index (χ0n) is 22.9. The number of hydrogen-bond donors (Lipinski definition) is 4. The first kappa shape index (κ1) is 28.6. The molecular weight excluding hydrogens is 546 g/mol. The van der Waals surface area contributed by atoms with E-state index in [1.165, 1.54) is 0 Å². The summed E-state index contributed by atoms with van der Waals surface area (Å²) in [7, 11) is -1.37. The molecule has 1 amide bonds. The van der Waals surface area contributed by atoms with Gasteiger partial charge in [-0.3, -0.25) is 4.79 Å². The molecule has 0 spiro atoms. The summed E-state index contributed by atoms with van der Waals surface area (Å²) in [6, 6.07) is 14.5. The quantitative estimate of drug-likeness (QED) is 0.287. The van der Waals surface area contributed by atoms with Crippen molar-refractivity contribution in [3.05, 3.63) is 66.0 Å². The highest BCUT2D eigenvalue weighted by atomic mass is 32.2. The van der Waals surface area contributed by atoms with E-state index in [4.69, 9.17) is 15.5 Å². The first-order valence-electron chi connectivity index (χ1n) is 13.5. The van der Waals surface area contributed by atoms with Crippen molar-refractivity contribution in [1.82, 2.24) is 15.3 Å². The van der Waals surface area contributed by atoms with Crippen LogP contribution >= 0.6 is 0 Å². The van der Waals surface area contributed by atoms with Crippen molar-refractivity contribution < 1.29 is 23.1 Å². The van der Waals surface area contributed by atoms with Gasteiger partial charge >= 0.3 is 0 Å². The molecule has 1 aromatic heterocycles. The summed E-state index contributed by atoms with van der Waals surface area (Å²) in [5.74, 6) is 1.77. The van der Waals surface area contributed by atoms with Crippen molar-refractivity contribution in [3.63, 3.8) is 0 Å². The van der Waals surface area contributed by atoms with E-state index >= 15 is 0 Å². The average molecular weight is 582 g/mol. The van der Waals surface area contributed by atoms with E-state index in [0.29, 0.717) is 42.6 Å². The molecule has 0 bridgehead atoms. The first-order chi connectivity index (χ1) is 19.7. The number of aliphatic hydroxyl groups excluding tert-OH is 1. The predicted molar refractivity (Wildman–Crippen MR) is 157 cm³/mol. The van der Waals surface area contributed by atoms with Crippen molar-refractivity contribution in [3.8, 4) is 5.75 Å². The zero-order valence-corrected chi connectivity index (χ0v) is 23.7. The maximum Gasteiger partial charge on any atom is 0.251 e. The molecule has 12 nitrogen and oxygen atoms in total. The molecule has 2 aromatic carbocycles. The number of carbonyl (C=O) groups is 1. The Bertz CT molecular complexity index is 1450. The first-order valence-corrected chi connectivity index (χ1v) is 15.4. The lowest BCUT2D eigenvalue weighted by Crippen LogP contribution is -2.48. The fourth-order valence-electron chi connectivity index (χ4n) is 5.03. The molecule has 3 heterocycles. The molecule has 2 aliphatic heterocycles. The molecule has 2 aliphatic rings. The number of ether oxygens (including phenoxy) is 1. The van der Waals surface area contributed by atoms with E-state index in [-0.39, 0.29) is 29.1 Å². The minimum absolute atomic E-state index is 0.0753. The summed E-state index contributed by atoms with van der Waals surface area (Å²) in [6.45, 7) is 2.22. The largest absolute Gasteiger partial charge is 0.497 e. The third-order valence-corrected chi connectivity index (χ3v) is 8.95. The molecule has 2 atom stereocenters. The number of hydrogen-bond acceptors (Lipinski definition) is 11. The minimum atomic E-state index is -2.96. The Morgan fingerprint density at radius 1 is 1.07 bits per heavy atom. The lowest BCUT2D eigenvalue weighted by Gasteiger charge is -2.34. The van der Waals surface area contributed by atoms with E-state index in [1.54, 1.807) is 37.6 Å². The molecule has 5 rings (SSSR count). The number of benzene rings is 2. The number of sulfone groups is 1. The Morgan fingerprint density at radius 3 is 2.44 bits per heavy atom. The van der Waals surface area contributed by atoms with Gasteiger partial charge in [0.2, 0.25) is 0 Å². The third-order valence-electron chi connectivity index (χ3n) is 7.34. The van der Waals surface area contributed by atoms with Gasteiger partial charge in [0, 0.05) is 49.2 Å². The van der Waals surface area contributed by atoms with Crippen LogP contribution in [-0.4, -0.2) is 80.2 Å². The number of nitrogens with one attached hydrogen (secondary N) is 2. The standard InChI is InChI=1S/C28H35N7O5S/c1-40-23-10-4-19(5-11-23)28(37)32-21-3-2-12-35(18-21)24-17-30-25(26(29)36)27(33-24)31-20-6-8-22(9-7-20)34-13-15-41(38,39)16-14-34/h4-11,17,21,26,36H,2-3,12-16,18,29H2,1H3,(H,31,33)(H,32,37)/t21-,26?/m1/s1. The highest BCUT2D eigenvalue weighted by Crippen LogP contribution is 2.27. The lowest BCUT2D eigenvalue weighted by molar-refractivity contribution is 0.0933. The number of methoxy groups -OCH3 is 1. The van der Waals surface area contributed by atoms with Crippen LogP contribution in [0.2, 0.25) is 0 Å². The fourth-order valence-corrected chi connectivity index (χ4v) is 6.23. The Balaban J connectivity index is 1.27. The van der Waals surface area contributed by atoms with Gasteiger partial charge in [0.1, 0.15) is 23.5 Å². The minimum Gasteiger partial charge on any atom is -0.497 e. The normalized spacial score (nSPS) is 19.3. The maximum atomic E-state index is 12.8. The van der Waals surface area contributed by atoms with Crippen LogP contribution in [0.4, 0.5) is 23.0 Å². The van der Waals surface area contributed by atoms with Crippen LogP contribution in [0.1, 0.15) is 35.1 Å².